The molecule has 0 fully saturated rings. The summed E-state index contributed by atoms with van der Waals surface area (Å²) in [5.74, 6) is 0.494. The number of aryl methyl sites for hydroxylation is 2. The van der Waals surface area contributed by atoms with Crippen LogP contribution in [0, 0.1) is 0 Å². The maximum absolute atomic E-state index is 10.2. The summed E-state index contributed by atoms with van der Waals surface area (Å²) in [7, 11) is -1.43. The molecule has 2 aromatic carbocycles. The van der Waals surface area contributed by atoms with E-state index in [0.717, 1.165) is 29.3 Å². The highest BCUT2D eigenvalue weighted by Crippen LogP contribution is 2.31. The van der Waals surface area contributed by atoms with Crippen LogP contribution in [0.3, 0.4) is 0 Å². The minimum atomic E-state index is -1.43. The highest BCUT2D eigenvalue weighted by molar-refractivity contribution is 8.01. The zero-order valence-corrected chi connectivity index (χ0v) is 15.8. The van der Waals surface area contributed by atoms with Crippen molar-refractivity contribution in [3.8, 4) is 5.75 Å². The molecule has 3 heteroatoms. The summed E-state index contributed by atoms with van der Waals surface area (Å²) in [5.41, 5.74) is 2.14. The van der Waals surface area contributed by atoms with Crippen LogP contribution in [0.4, 0.5) is 0 Å². The highest BCUT2D eigenvalue weighted by Gasteiger charge is 2.23. The van der Waals surface area contributed by atoms with E-state index in [1.54, 1.807) is 0 Å². The van der Waals surface area contributed by atoms with Crippen LogP contribution < -0.4 is 5.19 Å². The minimum Gasteiger partial charge on any atom is -0.507 e. The number of hydrogen-bond acceptors (Lipinski definition) is 2. The van der Waals surface area contributed by atoms with Gasteiger partial charge in [-0.25, -0.2) is 0 Å². The molecule has 1 N–H and O–H groups in total. The summed E-state index contributed by atoms with van der Waals surface area (Å²) >= 11 is 1.94. The first-order valence-electron chi connectivity index (χ1n) is 8.01. The number of hydrogen-bond donors (Lipinski definition) is 1. The van der Waals surface area contributed by atoms with Crippen molar-refractivity contribution in [2.24, 2.45) is 0 Å². The first kappa shape index (κ1) is 17.2. The Hall–Kier alpha value is -1.19. The van der Waals surface area contributed by atoms with Gasteiger partial charge in [0, 0.05) is 4.90 Å². The van der Waals surface area contributed by atoms with Crippen molar-refractivity contribution in [2.75, 3.05) is 5.38 Å². The molecule has 118 valence electrons. The average molecular weight is 331 g/mol. The summed E-state index contributed by atoms with van der Waals surface area (Å²) in [6, 6.07) is 15.2. The molecule has 0 saturated carbocycles. The maximum atomic E-state index is 10.2. The van der Waals surface area contributed by atoms with E-state index < -0.39 is 8.07 Å². The lowest BCUT2D eigenvalue weighted by molar-refractivity contribution is 0.461. The Balaban J connectivity index is 2.18. The summed E-state index contributed by atoms with van der Waals surface area (Å²) in [6.45, 7) is 9.06. The van der Waals surface area contributed by atoms with Gasteiger partial charge in [0.25, 0.3) is 0 Å². The van der Waals surface area contributed by atoms with E-state index in [9.17, 15) is 5.11 Å². The fourth-order valence-electron chi connectivity index (χ4n) is 2.59. The molecule has 22 heavy (non-hydrogen) atoms. The van der Waals surface area contributed by atoms with Gasteiger partial charge >= 0.3 is 0 Å². The molecular formula is C19H26OSSi. The first-order chi connectivity index (χ1) is 10.5. The van der Waals surface area contributed by atoms with Crippen LogP contribution in [-0.2, 0) is 12.8 Å². The molecule has 0 amide bonds. The number of aromatic hydroxyl groups is 1. The molecule has 0 aliphatic carbocycles. The second-order valence-corrected chi connectivity index (χ2v) is 12.6. The minimum absolute atomic E-state index is 0.494. The topological polar surface area (TPSA) is 20.2 Å². The van der Waals surface area contributed by atoms with Crippen molar-refractivity contribution in [1.82, 2.24) is 0 Å². The van der Waals surface area contributed by atoms with Crippen LogP contribution in [0.15, 0.2) is 47.4 Å². The molecule has 2 aromatic rings. The third-order valence-corrected chi connectivity index (χ3v) is 10.1. The average Bonchev–Trinajstić information content (AvgIpc) is 2.54. The van der Waals surface area contributed by atoms with Crippen molar-refractivity contribution in [1.29, 1.82) is 0 Å². The molecule has 0 unspecified atom stereocenters. The van der Waals surface area contributed by atoms with Crippen molar-refractivity contribution in [3.63, 3.8) is 0 Å². The lowest BCUT2D eigenvalue weighted by Crippen LogP contribution is -2.44. The fourth-order valence-corrected chi connectivity index (χ4v) is 6.91. The third kappa shape index (κ3) is 3.96. The van der Waals surface area contributed by atoms with E-state index >= 15 is 0 Å². The van der Waals surface area contributed by atoms with Gasteiger partial charge in [-0.1, -0.05) is 62.5 Å². The molecule has 0 saturated heterocycles. The number of phenolic OH excluding ortho intramolecular Hbond substituents is 1. The highest BCUT2D eigenvalue weighted by atomic mass is 32.2. The summed E-state index contributed by atoms with van der Waals surface area (Å²) in [4.78, 5) is 1.29. The number of phenols is 1. The van der Waals surface area contributed by atoms with Gasteiger partial charge < -0.3 is 5.11 Å². The van der Waals surface area contributed by atoms with Crippen molar-refractivity contribution < 1.29 is 5.11 Å². The zero-order chi connectivity index (χ0) is 16.2. The quantitative estimate of drug-likeness (QED) is 0.608. The SMILES string of the molecule is CCc1cc(SC[Si](C)(C)c2ccccc2)cc(CC)c1O. The molecule has 0 spiro atoms. The second-order valence-electron chi connectivity index (χ2n) is 6.34. The summed E-state index contributed by atoms with van der Waals surface area (Å²) in [5, 5.41) is 12.9. The van der Waals surface area contributed by atoms with Gasteiger partial charge in [-0.05, 0) is 41.5 Å². The van der Waals surface area contributed by atoms with Crippen LogP contribution in [-0.4, -0.2) is 18.6 Å². The van der Waals surface area contributed by atoms with Crippen LogP contribution in [0.1, 0.15) is 25.0 Å². The van der Waals surface area contributed by atoms with E-state index in [4.69, 9.17) is 0 Å². The van der Waals surface area contributed by atoms with Crippen molar-refractivity contribution in [2.45, 2.75) is 44.7 Å². The van der Waals surface area contributed by atoms with Gasteiger partial charge in [-0.15, -0.1) is 11.8 Å². The molecule has 0 aliphatic rings. The normalized spacial score (nSPS) is 11.6. The Morgan fingerprint density at radius 2 is 1.50 bits per heavy atom. The van der Waals surface area contributed by atoms with Gasteiger partial charge in [0.1, 0.15) is 5.75 Å². The maximum Gasteiger partial charge on any atom is 0.122 e. The Morgan fingerprint density at radius 3 is 2.00 bits per heavy atom. The summed E-state index contributed by atoms with van der Waals surface area (Å²) in [6.07, 6.45) is 1.76. The van der Waals surface area contributed by atoms with Gasteiger partial charge in [0.2, 0.25) is 0 Å². The largest absolute Gasteiger partial charge is 0.507 e. The standard InChI is InChI=1S/C19H26OSSi/c1-5-15-12-17(13-16(6-2)19(15)20)21-14-22(3,4)18-10-8-7-9-11-18/h7-13,20H,5-6,14H2,1-4H3. The van der Waals surface area contributed by atoms with Gasteiger partial charge in [0.05, 0.1) is 8.07 Å². The van der Waals surface area contributed by atoms with E-state index in [0.29, 0.717) is 5.75 Å². The van der Waals surface area contributed by atoms with Gasteiger partial charge in [-0.2, -0.15) is 0 Å². The number of rotatable bonds is 6. The predicted octanol–water partition coefficient (Wildman–Crippen LogP) is 4.76. The second kappa shape index (κ2) is 7.38. The van der Waals surface area contributed by atoms with Crippen LogP contribution in [0.25, 0.3) is 0 Å². The molecule has 0 aliphatic heterocycles. The first-order valence-corrected chi connectivity index (χ1v) is 12.2. The van der Waals surface area contributed by atoms with E-state index in [1.807, 2.05) is 11.8 Å². The Bertz CT molecular complexity index is 598. The smallest absolute Gasteiger partial charge is 0.122 e. The molecule has 0 radical (unpaired) electrons. The molecule has 0 heterocycles. The lowest BCUT2D eigenvalue weighted by atomic mass is 10.1. The molecule has 2 rings (SSSR count). The Labute approximate surface area is 139 Å². The molecule has 1 nitrogen and oxygen atoms in total. The van der Waals surface area contributed by atoms with E-state index in [-0.39, 0.29) is 0 Å². The summed E-state index contributed by atoms with van der Waals surface area (Å²) < 4.78 is 0. The Morgan fingerprint density at radius 1 is 0.955 bits per heavy atom. The monoisotopic (exact) mass is 330 g/mol. The lowest BCUT2D eigenvalue weighted by Gasteiger charge is -2.23. The number of thioether (sulfide) groups is 1. The van der Waals surface area contributed by atoms with Crippen LogP contribution >= 0.6 is 11.8 Å². The predicted molar refractivity (Wildman–Crippen MR) is 101 cm³/mol. The molecular weight excluding hydrogens is 304 g/mol. The third-order valence-electron chi connectivity index (χ3n) is 4.16. The van der Waals surface area contributed by atoms with Crippen LogP contribution in [0.2, 0.25) is 13.1 Å². The number of benzene rings is 2. The molecule has 0 aromatic heterocycles. The molecule has 0 bridgehead atoms. The fraction of sp³-hybridized carbons (Fsp3) is 0.368. The molecule has 0 atom stereocenters. The zero-order valence-electron chi connectivity index (χ0n) is 14.0. The van der Waals surface area contributed by atoms with Crippen molar-refractivity contribution in [3.05, 3.63) is 53.6 Å². The van der Waals surface area contributed by atoms with E-state index in [2.05, 4.69) is 69.4 Å². The van der Waals surface area contributed by atoms with Crippen molar-refractivity contribution >= 4 is 25.0 Å². The van der Waals surface area contributed by atoms with Crippen LogP contribution in [0.5, 0.6) is 5.75 Å². The van der Waals surface area contributed by atoms with E-state index in [1.165, 1.54) is 10.1 Å². The van der Waals surface area contributed by atoms with Gasteiger partial charge in [0.15, 0.2) is 0 Å². The van der Waals surface area contributed by atoms with Gasteiger partial charge in [-0.3, -0.25) is 0 Å². The Kier molecular flexibility index (Phi) is 5.76.